The van der Waals surface area contributed by atoms with Crippen LogP contribution in [-0.4, -0.2) is 62.7 Å². The van der Waals surface area contributed by atoms with Crippen LogP contribution in [0.15, 0.2) is 48.5 Å². The summed E-state index contributed by atoms with van der Waals surface area (Å²) < 4.78 is 21.4. The van der Waals surface area contributed by atoms with Crippen LogP contribution in [0.5, 0.6) is 0 Å². The third-order valence-corrected chi connectivity index (χ3v) is 9.67. The van der Waals surface area contributed by atoms with E-state index >= 15 is 0 Å². The van der Waals surface area contributed by atoms with Gasteiger partial charge in [0.05, 0.1) is 33.7 Å². The Labute approximate surface area is 261 Å². The third kappa shape index (κ3) is 3.60. The van der Waals surface area contributed by atoms with Crippen LogP contribution in [0.3, 0.4) is 0 Å². The molecule has 43 heavy (non-hydrogen) atoms. The van der Waals surface area contributed by atoms with E-state index < -0.39 is 40.6 Å². The molecule has 9 nitrogen and oxygen atoms in total. The molecule has 4 atom stereocenters. The number of rotatable bonds is 3. The van der Waals surface area contributed by atoms with Crippen LogP contribution in [0.25, 0.3) is 43.6 Å². The van der Waals surface area contributed by atoms with Gasteiger partial charge in [0, 0.05) is 48.7 Å². The molecule has 222 valence electrons. The zero-order chi connectivity index (χ0) is 30.0. The number of hydrogen-bond acceptors (Lipinski definition) is 5. The SMILES string of the molecule is CO[C@@H]1[C@H](N(C)C(=O)OCC(Cl)(Cl)Cl)CC2O[C@]1(C)n1c3ccccc3c3c4c(c5c6ccccc6n2c5c31)C(=O)NC4. The molecule has 3 aliphatic heterocycles. The van der Waals surface area contributed by atoms with Gasteiger partial charge in [-0.3, -0.25) is 4.79 Å². The molecule has 5 aromatic rings. The molecule has 1 N–H and O–H groups in total. The summed E-state index contributed by atoms with van der Waals surface area (Å²) in [5.74, 6) is -0.0833. The fraction of sp³-hybridized carbons (Fsp3) is 0.355. The van der Waals surface area contributed by atoms with Crippen molar-refractivity contribution in [1.82, 2.24) is 19.4 Å². The molecule has 1 saturated heterocycles. The highest BCUT2D eigenvalue weighted by Gasteiger charge is 2.55. The van der Waals surface area contributed by atoms with Gasteiger partial charge in [-0.25, -0.2) is 4.79 Å². The molecule has 3 aliphatic rings. The number of para-hydroxylation sites is 2. The van der Waals surface area contributed by atoms with E-state index in [1.54, 1.807) is 14.2 Å². The maximum Gasteiger partial charge on any atom is 0.409 e. The van der Waals surface area contributed by atoms with E-state index in [2.05, 4.69) is 38.7 Å². The van der Waals surface area contributed by atoms with E-state index in [0.29, 0.717) is 18.5 Å². The van der Waals surface area contributed by atoms with Crippen LogP contribution < -0.4 is 5.32 Å². The second-order valence-corrected chi connectivity index (χ2v) is 14.1. The lowest BCUT2D eigenvalue weighted by atomic mass is 9.92. The highest BCUT2D eigenvalue weighted by atomic mass is 35.6. The van der Waals surface area contributed by atoms with Crippen molar-refractivity contribution in [3.05, 3.63) is 59.7 Å². The Morgan fingerprint density at radius 1 is 1.09 bits per heavy atom. The molecule has 5 heterocycles. The highest BCUT2D eigenvalue weighted by Crippen LogP contribution is 2.54. The van der Waals surface area contributed by atoms with Gasteiger partial charge in [0.2, 0.25) is 3.79 Å². The molecule has 1 fully saturated rings. The van der Waals surface area contributed by atoms with Crippen molar-refractivity contribution >= 4 is 90.4 Å². The minimum Gasteiger partial charge on any atom is -0.445 e. The Morgan fingerprint density at radius 3 is 2.47 bits per heavy atom. The normalized spacial score (nSPS) is 24.6. The summed E-state index contributed by atoms with van der Waals surface area (Å²) in [5, 5.41) is 6.99. The van der Waals surface area contributed by atoms with Crippen molar-refractivity contribution in [1.29, 1.82) is 0 Å². The summed E-state index contributed by atoms with van der Waals surface area (Å²) in [4.78, 5) is 28.3. The Balaban J connectivity index is 1.47. The molecule has 12 heteroatoms. The quantitative estimate of drug-likeness (QED) is 0.225. The van der Waals surface area contributed by atoms with E-state index in [1.165, 1.54) is 4.90 Å². The number of amides is 2. The monoisotopic (exact) mass is 640 g/mol. The Kier molecular flexibility index (Phi) is 5.82. The number of carbonyl (C=O) groups is 2. The standard InChI is InChI=1S/C31H27Cl3N4O5/c1-30-27(41-3)20(36(2)29(40)42-14-31(32,33)34)12-21(43-30)37-18-10-6-4-8-15(18)23-24-17(13-35-28(24)39)22-16-9-5-7-11-19(16)38(30)26(22)25(23)37/h4-11,20-21,27H,12-14H2,1-3H3,(H,35,39)/t20-,21?,27-,30+/m1/s1. The first-order valence-electron chi connectivity index (χ1n) is 14.0. The number of alkyl halides is 3. The first kappa shape index (κ1) is 27.3. The maximum atomic E-state index is 13.5. The van der Waals surface area contributed by atoms with E-state index in [9.17, 15) is 9.59 Å². The van der Waals surface area contributed by atoms with E-state index in [-0.39, 0.29) is 5.91 Å². The van der Waals surface area contributed by atoms with Crippen LogP contribution >= 0.6 is 34.8 Å². The maximum absolute atomic E-state index is 13.5. The van der Waals surface area contributed by atoms with E-state index in [4.69, 9.17) is 49.0 Å². The van der Waals surface area contributed by atoms with Crippen molar-refractivity contribution in [2.75, 3.05) is 20.8 Å². The minimum atomic E-state index is -1.74. The van der Waals surface area contributed by atoms with Gasteiger partial charge in [-0.2, -0.15) is 0 Å². The van der Waals surface area contributed by atoms with Crippen molar-refractivity contribution in [2.24, 2.45) is 0 Å². The molecule has 3 aromatic carbocycles. The Morgan fingerprint density at radius 2 is 1.77 bits per heavy atom. The van der Waals surface area contributed by atoms with Crippen molar-refractivity contribution < 1.29 is 23.8 Å². The van der Waals surface area contributed by atoms with Gasteiger partial charge >= 0.3 is 6.09 Å². The summed E-state index contributed by atoms with van der Waals surface area (Å²) in [6, 6.07) is 15.7. The second-order valence-electron chi connectivity index (χ2n) is 11.6. The number of methoxy groups -OCH3 is 1. The first-order valence-corrected chi connectivity index (χ1v) is 15.1. The number of nitrogens with one attached hydrogen (secondary N) is 1. The average Bonchev–Trinajstić information content (AvgIpc) is 3.62. The smallest absolute Gasteiger partial charge is 0.409 e. The number of halogens is 3. The van der Waals surface area contributed by atoms with Gasteiger partial charge in [0.25, 0.3) is 5.91 Å². The topological polar surface area (TPSA) is 87.0 Å². The number of carbonyl (C=O) groups excluding carboxylic acids is 2. The molecule has 0 saturated carbocycles. The second kappa shape index (κ2) is 9.15. The molecule has 0 aliphatic carbocycles. The molecular weight excluding hydrogens is 615 g/mol. The van der Waals surface area contributed by atoms with Gasteiger partial charge in [0.15, 0.2) is 5.72 Å². The first-order chi connectivity index (χ1) is 20.5. The van der Waals surface area contributed by atoms with Gasteiger partial charge in [-0.1, -0.05) is 71.2 Å². The van der Waals surface area contributed by atoms with Crippen LogP contribution in [0.1, 0.15) is 35.5 Å². The number of aromatic nitrogens is 2. The highest BCUT2D eigenvalue weighted by molar-refractivity contribution is 6.67. The van der Waals surface area contributed by atoms with Crippen molar-refractivity contribution in [2.45, 2.75) is 47.8 Å². The predicted molar refractivity (Wildman–Crippen MR) is 166 cm³/mol. The zero-order valence-corrected chi connectivity index (χ0v) is 25.8. The van der Waals surface area contributed by atoms with E-state index in [0.717, 1.165) is 49.2 Å². The number of benzene rings is 3. The van der Waals surface area contributed by atoms with Gasteiger partial charge in [0.1, 0.15) is 18.9 Å². The van der Waals surface area contributed by atoms with Crippen molar-refractivity contribution in [3.8, 4) is 0 Å². The molecule has 8 rings (SSSR count). The van der Waals surface area contributed by atoms with Gasteiger partial charge in [-0.15, -0.1) is 0 Å². The summed E-state index contributed by atoms with van der Waals surface area (Å²) in [5.41, 5.74) is 4.37. The Hall–Kier alpha value is -3.21. The molecule has 0 radical (unpaired) electrons. The lowest BCUT2D eigenvalue weighted by Gasteiger charge is -2.50. The van der Waals surface area contributed by atoms with Crippen LogP contribution in [0.2, 0.25) is 0 Å². The number of fused-ring (bicyclic) bond motifs is 13. The largest absolute Gasteiger partial charge is 0.445 e. The van der Waals surface area contributed by atoms with Crippen molar-refractivity contribution in [3.63, 3.8) is 0 Å². The molecule has 2 amide bonds. The van der Waals surface area contributed by atoms with Gasteiger partial charge < -0.3 is 33.6 Å². The van der Waals surface area contributed by atoms with Crippen LogP contribution in [0, 0.1) is 0 Å². The zero-order valence-electron chi connectivity index (χ0n) is 23.5. The Bertz CT molecular complexity index is 2030. The van der Waals surface area contributed by atoms with Crippen LogP contribution in [-0.2, 0) is 26.5 Å². The predicted octanol–water partition coefficient (Wildman–Crippen LogP) is 6.57. The summed E-state index contributed by atoms with van der Waals surface area (Å²) in [6.07, 6.45) is -1.39. The lowest BCUT2D eigenvalue weighted by molar-refractivity contribution is -0.265. The third-order valence-electron chi connectivity index (χ3n) is 9.34. The summed E-state index contributed by atoms with van der Waals surface area (Å²) in [7, 11) is 3.29. The fourth-order valence-corrected chi connectivity index (χ4v) is 7.94. The molecule has 2 aromatic heterocycles. The molecular formula is C31H27Cl3N4O5. The van der Waals surface area contributed by atoms with E-state index in [1.807, 2.05) is 31.2 Å². The fourth-order valence-electron chi connectivity index (χ4n) is 7.77. The molecule has 0 spiro atoms. The minimum absolute atomic E-state index is 0.0833. The summed E-state index contributed by atoms with van der Waals surface area (Å²) in [6.45, 7) is 2.04. The molecule has 1 unspecified atom stereocenters. The number of nitrogens with zero attached hydrogens (tertiary/aromatic N) is 3. The average molecular weight is 642 g/mol. The lowest BCUT2D eigenvalue weighted by Crippen LogP contribution is -2.61. The number of likely N-dealkylation sites (N-methyl/N-ethyl adjacent to an activating group) is 1. The van der Waals surface area contributed by atoms with Crippen LogP contribution in [0.4, 0.5) is 4.79 Å². The molecule has 2 bridgehead atoms. The summed E-state index contributed by atoms with van der Waals surface area (Å²) >= 11 is 17.6. The number of hydrogen-bond donors (Lipinski definition) is 1. The number of ether oxygens (including phenoxy) is 3. The van der Waals surface area contributed by atoms with Gasteiger partial charge in [-0.05, 0) is 24.6 Å².